The Morgan fingerprint density at radius 1 is 1.22 bits per heavy atom. The monoisotopic (exact) mass is 314 g/mol. The lowest BCUT2D eigenvalue weighted by Gasteiger charge is -2.06. The van der Waals surface area contributed by atoms with Crippen molar-refractivity contribution in [2.45, 2.75) is 6.61 Å². The lowest BCUT2D eigenvalue weighted by atomic mass is 10.2. The first kappa shape index (κ1) is 16.0. The molecule has 0 radical (unpaired) electrons. The Balaban J connectivity index is 1.89. The third-order valence-corrected chi connectivity index (χ3v) is 2.82. The molecule has 118 valence electrons. The Bertz CT molecular complexity index is 711. The lowest BCUT2D eigenvalue weighted by molar-refractivity contribution is -0.384. The van der Waals surface area contributed by atoms with Gasteiger partial charge in [-0.1, -0.05) is 0 Å². The number of hydrogen-bond donors (Lipinski definition) is 2. The second kappa shape index (κ2) is 7.55. The third-order valence-electron chi connectivity index (χ3n) is 2.82. The summed E-state index contributed by atoms with van der Waals surface area (Å²) in [6.45, 7) is 0.300. The number of non-ortho nitro benzene ring substituents is 1. The molecule has 0 fully saturated rings. The van der Waals surface area contributed by atoms with Gasteiger partial charge in [0.25, 0.3) is 5.69 Å². The molecule has 0 saturated carbocycles. The largest absolute Gasteiger partial charge is 0.489 e. The van der Waals surface area contributed by atoms with Gasteiger partial charge in [-0.05, 0) is 47.5 Å². The average Bonchev–Trinajstić information content (AvgIpc) is 2.54. The van der Waals surface area contributed by atoms with Crippen LogP contribution >= 0.6 is 0 Å². The normalized spacial score (nSPS) is 10.4. The maximum absolute atomic E-state index is 10.6. The van der Waals surface area contributed by atoms with Gasteiger partial charge in [-0.3, -0.25) is 10.1 Å². The number of amides is 2. The van der Waals surface area contributed by atoms with Crippen LogP contribution in [0, 0.1) is 10.1 Å². The number of carbonyl (C=O) groups excluding carboxylic acids is 1. The number of nitrogens with two attached hydrogens (primary N) is 1. The number of urea groups is 1. The Hall–Kier alpha value is -3.42. The van der Waals surface area contributed by atoms with Crippen molar-refractivity contribution in [3.63, 3.8) is 0 Å². The van der Waals surface area contributed by atoms with Crippen molar-refractivity contribution >= 4 is 17.9 Å². The van der Waals surface area contributed by atoms with E-state index in [2.05, 4.69) is 10.5 Å². The van der Waals surface area contributed by atoms with Gasteiger partial charge in [-0.25, -0.2) is 10.2 Å². The van der Waals surface area contributed by atoms with Crippen molar-refractivity contribution in [2.24, 2.45) is 10.8 Å². The fraction of sp³-hybridized carbons (Fsp3) is 0.0667. The van der Waals surface area contributed by atoms with Crippen LogP contribution in [0.1, 0.15) is 11.1 Å². The van der Waals surface area contributed by atoms with Gasteiger partial charge in [0.05, 0.1) is 11.1 Å². The molecule has 2 aromatic carbocycles. The minimum absolute atomic E-state index is 0.0435. The first-order valence-electron chi connectivity index (χ1n) is 6.59. The van der Waals surface area contributed by atoms with Gasteiger partial charge < -0.3 is 10.5 Å². The number of nitrogens with zero attached hydrogens (tertiary/aromatic N) is 2. The second-order valence-electron chi connectivity index (χ2n) is 4.52. The number of primary amides is 1. The molecule has 0 saturated heterocycles. The summed E-state index contributed by atoms with van der Waals surface area (Å²) in [4.78, 5) is 20.6. The van der Waals surface area contributed by atoms with E-state index in [1.54, 1.807) is 36.4 Å². The van der Waals surface area contributed by atoms with Crippen LogP contribution in [0.4, 0.5) is 10.5 Å². The van der Waals surface area contributed by atoms with E-state index in [9.17, 15) is 14.9 Å². The predicted molar refractivity (Wildman–Crippen MR) is 84.2 cm³/mol. The van der Waals surface area contributed by atoms with Gasteiger partial charge in [-0.15, -0.1) is 0 Å². The predicted octanol–water partition coefficient (Wildman–Crippen LogP) is 2.18. The Morgan fingerprint density at radius 2 is 1.87 bits per heavy atom. The van der Waals surface area contributed by atoms with Crippen LogP contribution < -0.4 is 15.9 Å². The topological polar surface area (TPSA) is 120 Å². The standard InChI is InChI=1S/C15H14N4O4/c16-15(20)18-17-9-11-3-7-14(8-4-11)23-10-12-1-5-13(6-2-12)19(21)22/h1-9H,10H2,(H3,16,18,20)/b17-9-. The maximum Gasteiger partial charge on any atom is 0.332 e. The second-order valence-corrected chi connectivity index (χ2v) is 4.52. The summed E-state index contributed by atoms with van der Waals surface area (Å²) in [7, 11) is 0. The summed E-state index contributed by atoms with van der Waals surface area (Å²) in [6, 6.07) is 12.4. The number of carbonyl (C=O) groups is 1. The number of nitro groups is 1. The molecule has 0 aliphatic rings. The van der Waals surface area contributed by atoms with Crippen LogP contribution in [-0.2, 0) is 6.61 Å². The minimum atomic E-state index is -0.732. The molecular formula is C15H14N4O4. The van der Waals surface area contributed by atoms with Crippen molar-refractivity contribution < 1.29 is 14.5 Å². The van der Waals surface area contributed by atoms with Crippen LogP contribution in [0.5, 0.6) is 5.75 Å². The number of benzene rings is 2. The third kappa shape index (κ3) is 5.12. The smallest absolute Gasteiger partial charge is 0.332 e. The number of nitrogens with one attached hydrogen (secondary N) is 1. The molecule has 0 atom stereocenters. The highest BCUT2D eigenvalue weighted by molar-refractivity contribution is 5.81. The SMILES string of the molecule is NC(=O)N/N=C\c1ccc(OCc2ccc([N+](=O)[O-])cc2)cc1. The lowest BCUT2D eigenvalue weighted by Crippen LogP contribution is -2.24. The highest BCUT2D eigenvalue weighted by Crippen LogP contribution is 2.16. The molecule has 0 aliphatic carbocycles. The van der Waals surface area contributed by atoms with Crippen LogP contribution in [0.25, 0.3) is 0 Å². The quantitative estimate of drug-likeness (QED) is 0.482. The summed E-state index contributed by atoms with van der Waals surface area (Å²) in [5, 5.41) is 14.2. The maximum atomic E-state index is 10.6. The van der Waals surface area contributed by atoms with E-state index in [0.29, 0.717) is 12.4 Å². The van der Waals surface area contributed by atoms with E-state index in [1.807, 2.05) is 0 Å². The first-order chi connectivity index (χ1) is 11.0. The van der Waals surface area contributed by atoms with E-state index >= 15 is 0 Å². The minimum Gasteiger partial charge on any atom is -0.489 e. The summed E-state index contributed by atoms with van der Waals surface area (Å²) >= 11 is 0. The molecule has 23 heavy (non-hydrogen) atoms. The van der Waals surface area contributed by atoms with Crippen molar-refractivity contribution in [2.75, 3.05) is 0 Å². The molecule has 2 amide bonds. The number of rotatable bonds is 6. The summed E-state index contributed by atoms with van der Waals surface area (Å²) in [6.07, 6.45) is 1.45. The van der Waals surface area contributed by atoms with Crippen molar-refractivity contribution in [1.82, 2.24) is 5.43 Å². The van der Waals surface area contributed by atoms with E-state index in [4.69, 9.17) is 10.5 Å². The van der Waals surface area contributed by atoms with Gasteiger partial charge in [0.2, 0.25) is 0 Å². The molecule has 3 N–H and O–H groups in total. The zero-order valence-electron chi connectivity index (χ0n) is 12.0. The fourth-order valence-corrected chi connectivity index (χ4v) is 1.70. The zero-order valence-corrected chi connectivity index (χ0v) is 12.0. The summed E-state index contributed by atoms with van der Waals surface area (Å²) < 4.78 is 5.59. The zero-order chi connectivity index (χ0) is 16.7. The van der Waals surface area contributed by atoms with Crippen LogP contribution in [0.15, 0.2) is 53.6 Å². The molecule has 2 rings (SSSR count). The van der Waals surface area contributed by atoms with E-state index < -0.39 is 11.0 Å². The van der Waals surface area contributed by atoms with Crippen molar-refractivity contribution in [3.8, 4) is 5.75 Å². The van der Waals surface area contributed by atoms with Crippen LogP contribution in [0.2, 0.25) is 0 Å². The van der Waals surface area contributed by atoms with Gasteiger partial charge in [0, 0.05) is 12.1 Å². The van der Waals surface area contributed by atoms with E-state index in [0.717, 1.165) is 11.1 Å². The van der Waals surface area contributed by atoms with Crippen molar-refractivity contribution in [3.05, 3.63) is 69.8 Å². The number of ether oxygens (including phenoxy) is 1. The van der Waals surface area contributed by atoms with Crippen LogP contribution in [-0.4, -0.2) is 17.2 Å². The number of nitro benzene ring substituents is 1. The first-order valence-corrected chi connectivity index (χ1v) is 6.59. The van der Waals surface area contributed by atoms with E-state index in [1.165, 1.54) is 18.3 Å². The van der Waals surface area contributed by atoms with Gasteiger partial charge in [0.15, 0.2) is 0 Å². The van der Waals surface area contributed by atoms with Gasteiger partial charge in [-0.2, -0.15) is 5.10 Å². The van der Waals surface area contributed by atoms with E-state index in [-0.39, 0.29) is 5.69 Å². The summed E-state index contributed by atoms with van der Waals surface area (Å²) in [5.74, 6) is 0.642. The molecule has 8 heteroatoms. The molecule has 0 unspecified atom stereocenters. The average molecular weight is 314 g/mol. The number of hydrogen-bond acceptors (Lipinski definition) is 5. The molecule has 0 spiro atoms. The molecule has 0 aliphatic heterocycles. The van der Waals surface area contributed by atoms with Crippen molar-refractivity contribution in [1.29, 1.82) is 0 Å². The molecule has 8 nitrogen and oxygen atoms in total. The molecule has 0 heterocycles. The van der Waals surface area contributed by atoms with Gasteiger partial charge >= 0.3 is 6.03 Å². The highest BCUT2D eigenvalue weighted by atomic mass is 16.6. The Morgan fingerprint density at radius 3 is 2.43 bits per heavy atom. The van der Waals surface area contributed by atoms with Gasteiger partial charge in [0.1, 0.15) is 12.4 Å². The number of hydrazone groups is 1. The Kier molecular flexibility index (Phi) is 5.24. The molecule has 0 bridgehead atoms. The van der Waals surface area contributed by atoms with Crippen LogP contribution in [0.3, 0.4) is 0 Å². The molecular weight excluding hydrogens is 300 g/mol. The Labute approximate surface area is 131 Å². The highest BCUT2D eigenvalue weighted by Gasteiger charge is 2.04. The molecule has 0 aromatic heterocycles. The molecule has 2 aromatic rings. The fourth-order valence-electron chi connectivity index (χ4n) is 1.70. The summed E-state index contributed by atoms with van der Waals surface area (Å²) in [5.41, 5.74) is 8.61.